The highest BCUT2D eigenvalue weighted by Gasteiger charge is 2.40. The van der Waals surface area contributed by atoms with E-state index in [9.17, 15) is 14.4 Å². The second-order valence-electron chi connectivity index (χ2n) is 8.71. The Kier molecular flexibility index (Phi) is 7.50. The summed E-state index contributed by atoms with van der Waals surface area (Å²) in [6.07, 6.45) is 2.71. The van der Waals surface area contributed by atoms with Gasteiger partial charge in [-0.15, -0.1) is 0 Å². The zero-order valence-electron chi connectivity index (χ0n) is 20.3. The SMILES string of the molecule is CCN(CC)C(=O)c1ccc2c(c1)N(CC(=O)Nc1ccc(OC)c(Cl)c1)C(=O)[C@H]1CCCCN21. The van der Waals surface area contributed by atoms with Gasteiger partial charge in [-0.05, 0) is 69.5 Å². The third-order valence-corrected chi connectivity index (χ3v) is 6.96. The molecule has 0 radical (unpaired) electrons. The predicted molar refractivity (Wildman–Crippen MR) is 138 cm³/mol. The number of nitrogens with zero attached hydrogens (tertiary/aromatic N) is 3. The smallest absolute Gasteiger partial charge is 0.253 e. The summed E-state index contributed by atoms with van der Waals surface area (Å²) >= 11 is 6.19. The number of anilines is 3. The molecule has 3 amide bonds. The van der Waals surface area contributed by atoms with Gasteiger partial charge in [0, 0.05) is 30.9 Å². The normalized spacial score (nSPS) is 16.9. The number of rotatable bonds is 7. The van der Waals surface area contributed by atoms with Crippen LogP contribution in [0.5, 0.6) is 5.75 Å². The van der Waals surface area contributed by atoms with Crippen molar-refractivity contribution in [3.05, 3.63) is 47.0 Å². The molecule has 2 aliphatic rings. The number of halogens is 1. The molecule has 2 aliphatic heterocycles. The van der Waals surface area contributed by atoms with Crippen molar-refractivity contribution < 1.29 is 19.1 Å². The first-order chi connectivity index (χ1) is 16.9. The van der Waals surface area contributed by atoms with E-state index in [1.807, 2.05) is 26.0 Å². The summed E-state index contributed by atoms with van der Waals surface area (Å²) in [5, 5.41) is 3.19. The van der Waals surface area contributed by atoms with Gasteiger partial charge >= 0.3 is 0 Å². The highest BCUT2D eigenvalue weighted by atomic mass is 35.5. The Labute approximate surface area is 210 Å². The van der Waals surface area contributed by atoms with Crippen molar-refractivity contribution in [3.8, 4) is 5.75 Å². The summed E-state index contributed by atoms with van der Waals surface area (Å²) in [7, 11) is 1.52. The number of amides is 3. The van der Waals surface area contributed by atoms with Gasteiger partial charge in [0.25, 0.3) is 5.91 Å². The molecule has 1 atom stereocenters. The number of nitrogens with one attached hydrogen (secondary N) is 1. The summed E-state index contributed by atoms with van der Waals surface area (Å²) in [6, 6.07) is 10.1. The van der Waals surface area contributed by atoms with Gasteiger partial charge in [-0.1, -0.05) is 11.6 Å². The lowest BCUT2D eigenvalue weighted by atomic mass is 9.95. The number of methoxy groups -OCH3 is 1. The first kappa shape index (κ1) is 24.9. The number of ether oxygens (including phenoxy) is 1. The number of carbonyl (C=O) groups excluding carboxylic acids is 3. The standard InChI is InChI=1S/C26H31ClN4O4/c1-4-29(5-2)25(33)17-9-11-20-22(14-17)31(26(34)21-8-6-7-13-30(20)21)16-24(32)28-18-10-12-23(35-3)19(27)15-18/h9-12,14-15,21H,4-8,13,16H2,1-3H3,(H,28,32)/t21-/m1/s1. The minimum Gasteiger partial charge on any atom is -0.495 e. The lowest BCUT2D eigenvalue weighted by Crippen LogP contribution is -2.56. The highest BCUT2D eigenvalue weighted by Crippen LogP contribution is 2.40. The molecular weight excluding hydrogens is 468 g/mol. The van der Waals surface area contributed by atoms with E-state index in [1.54, 1.807) is 29.2 Å². The predicted octanol–water partition coefficient (Wildman–Crippen LogP) is 4.17. The average molecular weight is 499 g/mol. The zero-order chi connectivity index (χ0) is 25.1. The molecule has 2 heterocycles. The molecule has 8 nitrogen and oxygen atoms in total. The first-order valence-electron chi connectivity index (χ1n) is 12.0. The van der Waals surface area contributed by atoms with Crippen LogP contribution in [0.2, 0.25) is 5.02 Å². The van der Waals surface area contributed by atoms with E-state index < -0.39 is 0 Å². The molecule has 4 rings (SSSR count). The van der Waals surface area contributed by atoms with Gasteiger partial charge in [0.2, 0.25) is 11.8 Å². The van der Waals surface area contributed by atoms with E-state index in [0.29, 0.717) is 40.8 Å². The van der Waals surface area contributed by atoms with Gasteiger partial charge in [0.15, 0.2) is 0 Å². The van der Waals surface area contributed by atoms with Crippen LogP contribution in [0.1, 0.15) is 43.5 Å². The Hall–Kier alpha value is -3.26. The summed E-state index contributed by atoms with van der Waals surface area (Å²) < 4.78 is 5.16. The second-order valence-corrected chi connectivity index (χ2v) is 9.11. The van der Waals surface area contributed by atoms with E-state index >= 15 is 0 Å². The molecule has 2 aromatic carbocycles. The second kappa shape index (κ2) is 10.6. The van der Waals surface area contributed by atoms with Crippen LogP contribution in [0.15, 0.2) is 36.4 Å². The Morgan fingerprint density at radius 1 is 1.11 bits per heavy atom. The van der Waals surface area contributed by atoms with Crippen molar-refractivity contribution in [1.29, 1.82) is 0 Å². The van der Waals surface area contributed by atoms with Crippen LogP contribution in [-0.4, -0.2) is 62.0 Å². The Morgan fingerprint density at radius 2 is 1.89 bits per heavy atom. The molecule has 1 N–H and O–H groups in total. The van der Waals surface area contributed by atoms with E-state index in [4.69, 9.17) is 16.3 Å². The monoisotopic (exact) mass is 498 g/mol. The molecule has 2 aromatic rings. The van der Waals surface area contributed by atoms with Crippen LogP contribution < -0.4 is 19.9 Å². The number of hydrogen-bond acceptors (Lipinski definition) is 5. The number of carbonyl (C=O) groups is 3. The van der Waals surface area contributed by atoms with Crippen LogP contribution >= 0.6 is 11.6 Å². The van der Waals surface area contributed by atoms with Crippen molar-refractivity contribution in [1.82, 2.24) is 4.90 Å². The molecule has 0 spiro atoms. The Bertz CT molecular complexity index is 1130. The molecule has 1 saturated heterocycles. The number of fused-ring (bicyclic) bond motifs is 3. The van der Waals surface area contributed by atoms with Gasteiger partial charge < -0.3 is 19.9 Å². The quantitative estimate of drug-likeness (QED) is 0.619. The van der Waals surface area contributed by atoms with Crippen molar-refractivity contribution in [3.63, 3.8) is 0 Å². The van der Waals surface area contributed by atoms with Crippen molar-refractivity contribution in [2.75, 3.05) is 48.4 Å². The lowest BCUT2D eigenvalue weighted by Gasteiger charge is -2.45. The van der Waals surface area contributed by atoms with Crippen molar-refractivity contribution >= 4 is 46.4 Å². The van der Waals surface area contributed by atoms with Gasteiger partial charge in [-0.3, -0.25) is 19.3 Å². The molecule has 0 bridgehead atoms. The molecule has 35 heavy (non-hydrogen) atoms. The number of piperidine rings is 1. The highest BCUT2D eigenvalue weighted by molar-refractivity contribution is 6.32. The Balaban J connectivity index is 1.64. The van der Waals surface area contributed by atoms with E-state index in [1.165, 1.54) is 12.0 Å². The van der Waals surface area contributed by atoms with Crippen molar-refractivity contribution in [2.45, 2.75) is 39.2 Å². The fourth-order valence-electron chi connectivity index (χ4n) is 4.84. The molecule has 1 fully saturated rings. The zero-order valence-corrected chi connectivity index (χ0v) is 21.1. The van der Waals surface area contributed by atoms with Crippen LogP contribution in [0.3, 0.4) is 0 Å². The summed E-state index contributed by atoms with van der Waals surface area (Å²) in [5.41, 5.74) is 2.48. The van der Waals surface area contributed by atoms with Gasteiger partial charge in [-0.25, -0.2) is 0 Å². The van der Waals surface area contributed by atoms with Crippen LogP contribution in [-0.2, 0) is 9.59 Å². The maximum Gasteiger partial charge on any atom is 0.253 e. The number of benzene rings is 2. The summed E-state index contributed by atoms with van der Waals surface area (Å²) in [5.74, 6) is -0.0568. The topological polar surface area (TPSA) is 82.2 Å². The molecule has 0 aliphatic carbocycles. The minimum absolute atomic E-state index is 0.0942. The molecule has 0 saturated carbocycles. The Morgan fingerprint density at radius 3 is 2.57 bits per heavy atom. The fraction of sp³-hybridized carbons (Fsp3) is 0.423. The molecule has 0 unspecified atom stereocenters. The first-order valence-corrected chi connectivity index (χ1v) is 12.4. The molecule has 0 aromatic heterocycles. The summed E-state index contributed by atoms with van der Waals surface area (Å²) in [4.78, 5) is 44.9. The molecular formula is C26H31ClN4O4. The molecule has 186 valence electrons. The van der Waals surface area contributed by atoms with E-state index in [-0.39, 0.29) is 30.3 Å². The van der Waals surface area contributed by atoms with E-state index in [2.05, 4.69) is 10.2 Å². The van der Waals surface area contributed by atoms with E-state index in [0.717, 1.165) is 31.5 Å². The van der Waals surface area contributed by atoms with Crippen LogP contribution in [0.25, 0.3) is 0 Å². The van der Waals surface area contributed by atoms with Crippen molar-refractivity contribution in [2.24, 2.45) is 0 Å². The van der Waals surface area contributed by atoms with Gasteiger partial charge in [-0.2, -0.15) is 0 Å². The van der Waals surface area contributed by atoms with Gasteiger partial charge in [0.05, 0.1) is 23.5 Å². The fourth-order valence-corrected chi connectivity index (χ4v) is 5.09. The third kappa shape index (κ3) is 4.93. The lowest BCUT2D eigenvalue weighted by molar-refractivity contribution is -0.123. The maximum atomic E-state index is 13.5. The summed E-state index contributed by atoms with van der Waals surface area (Å²) in [6.45, 7) is 5.67. The van der Waals surface area contributed by atoms with Gasteiger partial charge in [0.1, 0.15) is 18.3 Å². The minimum atomic E-state index is -0.352. The number of hydrogen-bond donors (Lipinski definition) is 1. The third-order valence-electron chi connectivity index (χ3n) is 6.66. The largest absolute Gasteiger partial charge is 0.495 e. The van der Waals surface area contributed by atoms with Crippen LogP contribution in [0, 0.1) is 0 Å². The maximum absolute atomic E-state index is 13.5. The average Bonchev–Trinajstić information content (AvgIpc) is 2.87. The van der Waals surface area contributed by atoms with Crippen LogP contribution in [0.4, 0.5) is 17.1 Å². The molecule has 9 heteroatoms.